The normalized spacial score (nSPS) is 28.3. The Morgan fingerprint density at radius 3 is 2.64 bits per heavy atom. The highest BCUT2D eigenvalue weighted by Gasteiger charge is 2.40. The lowest BCUT2D eigenvalue weighted by Gasteiger charge is -2.39. The minimum atomic E-state index is 0.628. The van der Waals surface area contributed by atoms with Crippen LogP contribution in [0.2, 0.25) is 0 Å². The maximum absolute atomic E-state index is 5.79. The molecule has 1 aromatic carbocycles. The van der Waals surface area contributed by atoms with E-state index in [9.17, 15) is 0 Å². The van der Waals surface area contributed by atoms with E-state index in [0.29, 0.717) is 12.6 Å². The van der Waals surface area contributed by atoms with Gasteiger partial charge in [0.1, 0.15) is 5.75 Å². The van der Waals surface area contributed by atoms with Crippen LogP contribution in [0.4, 0.5) is 5.69 Å². The Morgan fingerprint density at radius 2 is 1.96 bits per heavy atom. The number of rotatable bonds is 4. The number of thiocarbonyl (C=S) groups is 1. The molecule has 2 bridgehead atoms. The first-order chi connectivity index (χ1) is 12.2. The lowest BCUT2D eigenvalue weighted by atomic mass is 9.95. The molecule has 3 atom stereocenters. The minimum absolute atomic E-state index is 0.628. The molecule has 1 saturated heterocycles. The molecule has 0 spiro atoms. The highest BCUT2D eigenvalue weighted by molar-refractivity contribution is 7.80. The average Bonchev–Trinajstić information content (AvgIpc) is 3.26. The summed E-state index contributed by atoms with van der Waals surface area (Å²) in [6.07, 6.45) is 5.58. The van der Waals surface area contributed by atoms with E-state index in [0.717, 1.165) is 48.9 Å². The van der Waals surface area contributed by atoms with Gasteiger partial charge in [0.25, 0.3) is 0 Å². The summed E-state index contributed by atoms with van der Waals surface area (Å²) in [5, 5.41) is 4.65. The van der Waals surface area contributed by atoms with Crippen LogP contribution in [-0.2, 0) is 0 Å². The number of nitrogens with one attached hydrogen (secondary N) is 1. The Bertz CT molecular complexity index is 615. The summed E-state index contributed by atoms with van der Waals surface area (Å²) < 4.78 is 5.79. The summed E-state index contributed by atoms with van der Waals surface area (Å²) in [6.45, 7) is 6.68. The highest BCUT2D eigenvalue weighted by Crippen LogP contribution is 2.44. The fourth-order valence-electron chi connectivity index (χ4n) is 4.82. The SMILES string of the molecule is CCOc1ccccc1N1CCN(C(=S)N[C@@H]2C[C@H]3CC[C@H]2C3)CC1. The summed E-state index contributed by atoms with van der Waals surface area (Å²) in [6, 6.07) is 8.98. The van der Waals surface area contributed by atoms with Gasteiger partial charge in [-0.1, -0.05) is 18.6 Å². The van der Waals surface area contributed by atoms with Gasteiger partial charge < -0.3 is 19.9 Å². The van der Waals surface area contributed by atoms with E-state index in [1.165, 1.54) is 31.4 Å². The molecular weight excluding hydrogens is 330 g/mol. The predicted molar refractivity (Wildman–Crippen MR) is 106 cm³/mol. The van der Waals surface area contributed by atoms with Crippen molar-refractivity contribution in [2.24, 2.45) is 11.8 Å². The van der Waals surface area contributed by atoms with Crippen LogP contribution < -0.4 is 15.0 Å². The van der Waals surface area contributed by atoms with Gasteiger partial charge in [0.2, 0.25) is 0 Å². The van der Waals surface area contributed by atoms with Gasteiger partial charge in [-0.3, -0.25) is 0 Å². The van der Waals surface area contributed by atoms with Crippen molar-refractivity contribution >= 4 is 23.0 Å². The van der Waals surface area contributed by atoms with Gasteiger partial charge in [-0.05, 0) is 62.4 Å². The van der Waals surface area contributed by atoms with Crippen LogP contribution in [-0.4, -0.2) is 48.8 Å². The Labute approximate surface area is 156 Å². The summed E-state index contributed by atoms with van der Waals surface area (Å²) >= 11 is 5.72. The van der Waals surface area contributed by atoms with Gasteiger partial charge >= 0.3 is 0 Å². The first-order valence-electron chi connectivity index (χ1n) is 9.77. The molecule has 5 heteroatoms. The monoisotopic (exact) mass is 359 g/mol. The smallest absolute Gasteiger partial charge is 0.169 e. The molecule has 0 radical (unpaired) electrons. The molecule has 25 heavy (non-hydrogen) atoms. The van der Waals surface area contributed by atoms with Crippen LogP contribution in [0.5, 0.6) is 5.75 Å². The van der Waals surface area contributed by atoms with Crippen molar-refractivity contribution in [3.63, 3.8) is 0 Å². The zero-order valence-electron chi connectivity index (χ0n) is 15.1. The number of nitrogens with zero attached hydrogens (tertiary/aromatic N) is 2. The zero-order chi connectivity index (χ0) is 17.2. The fourth-order valence-corrected chi connectivity index (χ4v) is 5.15. The molecular formula is C20H29N3OS. The fraction of sp³-hybridized carbons (Fsp3) is 0.650. The summed E-state index contributed by atoms with van der Waals surface area (Å²) in [5.41, 5.74) is 1.20. The quantitative estimate of drug-likeness (QED) is 0.833. The standard InChI is InChI=1S/C20H29N3OS/c1-2-24-19-6-4-3-5-18(19)22-9-11-23(12-10-22)20(25)21-17-14-15-7-8-16(17)13-15/h3-6,15-17H,2,7-14H2,1H3,(H,21,25)/t15-,16-,17+/m0/s1. The molecule has 0 amide bonds. The average molecular weight is 360 g/mol. The molecule has 136 valence electrons. The van der Waals surface area contributed by atoms with Crippen LogP contribution in [0.1, 0.15) is 32.6 Å². The molecule has 2 aliphatic carbocycles. The van der Waals surface area contributed by atoms with Gasteiger partial charge in [0.05, 0.1) is 12.3 Å². The van der Waals surface area contributed by atoms with Crippen molar-refractivity contribution in [3.8, 4) is 5.75 Å². The summed E-state index contributed by atoms with van der Waals surface area (Å²) in [7, 11) is 0. The molecule has 1 heterocycles. The van der Waals surface area contributed by atoms with E-state index in [-0.39, 0.29) is 0 Å². The van der Waals surface area contributed by atoms with Gasteiger partial charge in [0, 0.05) is 32.2 Å². The number of piperazine rings is 1. The van der Waals surface area contributed by atoms with E-state index >= 15 is 0 Å². The predicted octanol–water partition coefficient (Wildman–Crippen LogP) is 3.27. The van der Waals surface area contributed by atoms with Gasteiger partial charge in [-0.25, -0.2) is 0 Å². The van der Waals surface area contributed by atoms with Crippen LogP contribution in [0.15, 0.2) is 24.3 Å². The number of anilines is 1. The van der Waals surface area contributed by atoms with Crippen molar-refractivity contribution in [1.29, 1.82) is 0 Å². The molecule has 0 aromatic heterocycles. The Kier molecular flexibility index (Phi) is 5.02. The lowest BCUT2D eigenvalue weighted by Crippen LogP contribution is -2.54. The molecule has 3 fully saturated rings. The molecule has 1 aliphatic heterocycles. The Morgan fingerprint density at radius 1 is 1.16 bits per heavy atom. The van der Waals surface area contributed by atoms with Gasteiger partial charge in [0.15, 0.2) is 5.11 Å². The number of ether oxygens (including phenoxy) is 1. The van der Waals surface area contributed by atoms with Crippen molar-refractivity contribution in [3.05, 3.63) is 24.3 Å². The van der Waals surface area contributed by atoms with E-state index in [1.54, 1.807) is 0 Å². The number of benzene rings is 1. The van der Waals surface area contributed by atoms with Gasteiger partial charge in [-0.2, -0.15) is 0 Å². The largest absolute Gasteiger partial charge is 0.492 e. The van der Waals surface area contributed by atoms with E-state index in [4.69, 9.17) is 17.0 Å². The van der Waals surface area contributed by atoms with Crippen molar-refractivity contribution in [2.45, 2.75) is 38.6 Å². The number of hydrogen-bond acceptors (Lipinski definition) is 3. The maximum atomic E-state index is 5.79. The zero-order valence-corrected chi connectivity index (χ0v) is 15.9. The molecule has 3 aliphatic rings. The second-order valence-corrected chi connectivity index (χ2v) is 7.99. The Hall–Kier alpha value is -1.49. The first-order valence-corrected chi connectivity index (χ1v) is 10.2. The minimum Gasteiger partial charge on any atom is -0.492 e. The first kappa shape index (κ1) is 17.0. The third-order valence-corrected chi connectivity index (χ3v) is 6.50. The second kappa shape index (κ2) is 7.40. The number of para-hydroxylation sites is 2. The van der Waals surface area contributed by atoms with Crippen molar-refractivity contribution in [1.82, 2.24) is 10.2 Å². The molecule has 4 rings (SSSR count). The summed E-state index contributed by atoms with van der Waals surface area (Å²) in [4.78, 5) is 4.77. The molecule has 0 unspecified atom stereocenters. The number of fused-ring (bicyclic) bond motifs is 2. The van der Waals surface area contributed by atoms with Crippen LogP contribution in [0.25, 0.3) is 0 Å². The summed E-state index contributed by atoms with van der Waals surface area (Å²) in [5.74, 6) is 2.81. The van der Waals surface area contributed by atoms with E-state index in [1.807, 2.05) is 13.0 Å². The Balaban J connectivity index is 1.31. The van der Waals surface area contributed by atoms with Crippen LogP contribution in [0, 0.1) is 11.8 Å². The van der Waals surface area contributed by atoms with E-state index in [2.05, 4.69) is 33.3 Å². The van der Waals surface area contributed by atoms with Crippen LogP contribution >= 0.6 is 12.2 Å². The molecule has 4 nitrogen and oxygen atoms in total. The van der Waals surface area contributed by atoms with E-state index < -0.39 is 0 Å². The molecule has 1 N–H and O–H groups in total. The maximum Gasteiger partial charge on any atom is 0.169 e. The third kappa shape index (κ3) is 3.57. The van der Waals surface area contributed by atoms with Crippen LogP contribution in [0.3, 0.4) is 0 Å². The third-order valence-electron chi connectivity index (χ3n) is 6.12. The van der Waals surface area contributed by atoms with Crippen molar-refractivity contribution < 1.29 is 4.74 Å². The second-order valence-electron chi connectivity index (χ2n) is 7.61. The topological polar surface area (TPSA) is 27.7 Å². The molecule has 2 saturated carbocycles. The lowest BCUT2D eigenvalue weighted by molar-refractivity contribution is 0.331. The van der Waals surface area contributed by atoms with Crippen molar-refractivity contribution in [2.75, 3.05) is 37.7 Å². The highest BCUT2D eigenvalue weighted by atomic mass is 32.1. The number of hydrogen-bond donors (Lipinski definition) is 1. The molecule has 1 aromatic rings. The van der Waals surface area contributed by atoms with Gasteiger partial charge in [-0.15, -0.1) is 0 Å².